The lowest BCUT2D eigenvalue weighted by Gasteiger charge is -2.13. The van der Waals surface area contributed by atoms with Gasteiger partial charge in [-0.1, -0.05) is 35.0 Å². The molecule has 5 aromatic rings. The second-order valence-corrected chi connectivity index (χ2v) is 8.76. The Morgan fingerprint density at radius 1 is 1.03 bits per heavy atom. The van der Waals surface area contributed by atoms with Crippen LogP contribution in [0.1, 0.15) is 28.5 Å². The summed E-state index contributed by atoms with van der Waals surface area (Å²) in [5.41, 5.74) is 5.92. The smallest absolute Gasteiger partial charge is 0.340 e. The first kappa shape index (κ1) is 23.6. The van der Waals surface area contributed by atoms with Gasteiger partial charge in [0.05, 0.1) is 29.7 Å². The topological polar surface area (TPSA) is 91.4 Å². The number of aliphatic hydroxyl groups is 1. The summed E-state index contributed by atoms with van der Waals surface area (Å²) in [4.78, 5) is 12.9. The summed E-state index contributed by atoms with van der Waals surface area (Å²) < 4.78 is 15.0. The molecule has 36 heavy (non-hydrogen) atoms. The fourth-order valence-corrected chi connectivity index (χ4v) is 4.47. The summed E-state index contributed by atoms with van der Waals surface area (Å²) in [6.45, 7) is 6.35. The third kappa shape index (κ3) is 4.43. The van der Waals surface area contributed by atoms with Crippen molar-refractivity contribution < 1.29 is 19.4 Å². The number of aromatic nitrogens is 4. The lowest BCUT2D eigenvalue weighted by Crippen LogP contribution is -2.24. The number of aliphatic hydroxyl groups excluding tert-OH is 1. The van der Waals surface area contributed by atoms with Crippen LogP contribution in [0.15, 0.2) is 66.7 Å². The molecule has 0 fully saturated rings. The Balaban J connectivity index is 1.43. The van der Waals surface area contributed by atoms with Crippen LogP contribution in [0.5, 0.6) is 5.75 Å². The van der Waals surface area contributed by atoms with Crippen molar-refractivity contribution in [3.8, 4) is 11.4 Å². The van der Waals surface area contributed by atoms with E-state index in [-0.39, 0.29) is 25.7 Å². The van der Waals surface area contributed by atoms with Crippen LogP contribution in [0, 0.1) is 13.8 Å². The molecule has 8 heteroatoms. The molecular weight excluding hydrogens is 456 g/mol. The van der Waals surface area contributed by atoms with Crippen molar-refractivity contribution in [2.45, 2.75) is 33.4 Å². The number of hydrogen-bond donors (Lipinski definition) is 1. The summed E-state index contributed by atoms with van der Waals surface area (Å²) in [7, 11) is 0. The van der Waals surface area contributed by atoms with Gasteiger partial charge in [0.2, 0.25) is 0 Å². The zero-order valence-electron chi connectivity index (χ0n) is 20.5. The van der Waals surface area contributed by atoms with Gasteiger partial charge in [0.1, 0.15) is 24.0 Å². The van der Waals surface area contributed by atoms with Gasteiger partial charge in [-0.3, -0.25) is 0 Å². The quantitative estimate of drug-likeness (QED) is 0.324. The summed E-state index contributed by atoms with van der Waals surface area (Å²) in [6, 6.07) is 21.4. The molecule has 1 N–H and O–H groups in total. The van der Waals surface area contributed by atoms with E-state index in [0.717, 1.165) is 38.9 Å². The van der Waals surface area contributed by atoms with E-state index >= 15 is 0 Å². The predicted molar refractivity (Wildman–Crippen MR) is 138 cm³/mol. The molecule has 0 amide bonds. The van der Waals surface area contributed by atoms with E-state index in [2.05, 4.69) is 14.9 Å². The van der Waals surface area contributed by atoms with Gasteiger partial charge in [-0.2, -0.15) is 0 Å². The van der Waals surface area contributed by atoms with Crippen LogP contribution in [0.3, 0.4) is 0 Å². The molecule has 0 unspecified atom stereocenters. The highest BCUT2D eigenvalue weighted by molar-refractivity contribution is 6.07. The molecule has 0 aliphatic rings. The van der Waals surface area contributed by atoms with E-state index in [1.54, 1.807) is 11.6 Å². The Bertz CT molecular complexity index is 1540. The van der Waals surface area contributed by atoms with Crippen LogP contribution >= 0.6 is 0 Å². The molecule has 8 nitrogen and oxygen atoms in total. The van der Waals surface area contributed by atoms with Gasteiger partial charge in [-0.15, -0.1) is 5.10 Å². The number of nitrogens with zero attached hydrogens (tertiary/aromatic N) is 4. The summed E-state index contributed by atoms with van der Waals surface area (Å²) in [5, 5.41) is 19.6. The van der Waals surface area contributed by atoms with Crippen molar-refractivity contribution in [2.75, 3.05) is 13.2 Å². The van der Waals surface area contributed by atoms with Crippen LogP contribution in [-0.4, -0.2) is 50.0 Å². The van der Waals surface area contributed by atoms with E-state index in [1.165, 1.54) is 0 Å². The largest absolute Gasteiger partial charge is 0.491 e. The van der Waals surface area contributed by atoms with Crippen molar-refractivity contribution >= 4 is 27.9 Å². The molecule has 0 bridgehead atoms. The number of benzene rings is 3. The highest BCUT2D eigenvalue weighted by Crippen LogP contribution is 2.33. The molecule has 0 radical (unpaired) electrons. The fourth-order valence-electron chi connectivity index (χ4n) is 4.47. The number of ether oxygens (including phenoxy) is 2. The van der Waals surface area contributed by atoms with Gasteiger partial charge in [0.25, 0.3) is 0 Å². The number of carbonyl (C=O) groups is 1. The second-order valence-electron chi connectivity index (χ2n) is 8.76. The molecule has 3 aromatic carbocycles. The van der Waals surface area contributed by atoms with E-state index in [0.29, 0.717) is 11.3 Å². The molecule has 2 aromatic heterocycles. The molecule has 184 valence electrons. The zero-order valence-corrected chi connectivity index (χ0v) is 20.5. The maximum atomic E-state index is 12.9. The second kappa shape index (κ2) is 9.83. The molecule has 2 heterocycles. The van der Waals surface area contributed by atoms with E-state index in [9.17, 15) is 9.90 Å². The molecule has 0 saturated heterocycles. The average Bonchev–Trinajstić information content (AvgIpc) is 3.41. The minimum Gasteiger partial charge on any atom is -0.491 e. The maximum absolute atomic E-state index is 12.9. The van der Waals surface area contributed by atoms with E-state index in [1.807, 2.05) is 80.6 Å². The van der Waals surface area contributed by atoms with Gasteiger partial charge < -0.3 is 19.1 Å². The van der Waals surface area contributed by atoms with E-state index in [4.69, 9.17) is 9.47 Å². The Kier molecular flexibility index (Phi) is 6.43. The van der Waals surface area contributed by atoms with Gasteiger partial charge in [0.15, 0.2) is 0 Å². The number of aryl methyl sites for hydroxylation is 1. The van der Waals surface area contributed by atoms with Crippen LogP contribution in [0.25, 0.3) is 27.6 Å². The Morgan fingerprint density at radius 2 is 1.81 bits per heavy atom. The number of fused-ring (bicyclic) bond motifs is 2. The fraction of sp³-hybridized carbons (Fsp3) is 0.250. The number of hydrogen-bond acceptors (Lipinski definition) is 6. The number of rotatable bonds is 8. The average molecular weight is 485 g/mol. The molecule has 0 spiro atoms. The molecule has 1 atom stereocenters. The first-order chi connectivity index (χ1) is 17.5. The highest BCUT2D eigenvalue weighted by Gasteiger charge is 2.22. The van der Waals surface area contributed by atoms with Crippen molar-refractivity contribution in [3.05, 3.63) is 83.6 Å². The molecule has 5 rings (SSSR count). The first-order valence-corrected chi connectivity index (χ1v) is 11.9. The summed E-state index contributed by atoms with van der Waals surface area (Å²) >= 11 is 0. The van der Waals surface area contributed by atoms with E-state index < -0.39 is 6.10 Å². The zero-order chi connectivity index (χ0) is 25.2. The lowest BCUT2D eigenvalue weighted by atomic mass is 10.1. The van der Waals surface area contributed by atoms with Gasteiger partial charge in [0, 0.05) is 16.8 Å². The van der Waals surface area contributed by atoms with Gasteiger partial charge in [-0.05, 0) is 63.2 Å². The molecular formula is C28H28N4O4. The Labute approximate surface area is 208 Å². The monoisotopic (exact) mass is 484 g/mol. The van der Waals surface area contributed by atoms with Gasteiger partial charge >= 0.3 is 5.97 Å². The highest BCUT2D eigenvalue weighted by atomic mass is 16.5. The van der Waals surface area contributed by atoms with Crippen LogP contribution in [0.2, 0.25) is 0 Å². The third-order valence-corrected chi connectivity index (χ3v) is 6.19. The Hall–Kier alpha value is -4.17. The number of carbonyl (C=O) groups excluding carboxylic acids is 1. The number of esters is 1. The van der Waals surface area contributed by atoms with Crippen LogP contribution < -0.4 is 4.74 Å². The molecule has 0 saturated carbocycles. The first-order valence-electron chi connectivity index (χ1n) is 11.9. The van der Waals surface area contributed by atoms with Crippen LogP contribution in [0.4, 0.5) is 0 Å². The van der Waals surface area contributed by atoms with Gasteiger partial charge in [-0.25, -0.2) is 9.48 Å². The lowest BCUT2D eigenvalue weighted by molar-refractivity contribution is 0.0527. The summed E-state index contributed by atoms with van der Waals surface area (Å²) in [6.07, 6.45) is -0.797. The normalized spacial score (nSPS) is 12.2. The standard InChI is InChI=1S/C28H28N4O4/c1-4-35-28(34)27-19(3)32(20-11-9-18(2)10-12-20)25-14-13-22(15-23(25)27)36-17-21(33)16-31-26-8-6-5-7-24(26)29-30-31/h5-15,21,33H,4,16-17H2,1-3H3/t21-/m1/s1. The third-order valence-electron chi connectivity index (χ3n) is 6.19. The van der Waals surface area contributed by atoms with Crippen molar-refractivity contribution in [1.29, 1.82) is 0 Å². The van der Waals surface area contributed by atoms with Crippen molar-refractivity contribution in [3.63, 3.8) is 0 Å². The maximum Gasteiger partial charge on any atom is 0.340 e. The van der Waals surface area contributed by atoms with Crippen molar-refractivity contribution in [1.82, 2.24) is 19.6 Å². The predicted octanol–water partition coefficient (Wildman–Crippen LogP) is 4.61. The SMILES string of the molecule is CCOC(=O)c1c(C)n(-c2ccc(C)cc2)c2ccc(OC[C@H](O)Cn3nnc4ccccc43)cc12. The molecule has 0 aliphatic heterocycles. The minimum absolute atomic E-state index is 0.0616. The summed E-state index contributed by atoms with van der Waals surface area (Å²) in [5.74, 6) is 0.178. The number of para-hydroxylation sites is 1. The molecule has 0 aliphatic carbocycles. The van der Waals surface area contributed by atoms with Crippen LogP contribution in [-0.2, 0) is 11.3 Å². The Morgan fingerprint density at radius 3 is 2.58 bits per heavy atom. The minimum atomic E-state index is -0.797. The van der Waals surface area contributed by atoms with Crippen molar-refractivity contribution in [2.24, 2.45) is 0 Å².